The van der Waals surface area contributed by atoms with Crippen molar-refractivity contribution in [1.82, 2.24) is 0 Å². The molecule has 4 aliphatic carbocycles. The normalized spacial score (nSPS) is 52.8. The van der Waals surface area contributed by atoms with E-state index in [0.29, 0.717) is 17.6 Å². The Morgan fingerprint density at radius 3 is 2.67 bits per heavy atom. The van der Waals surface area contributed by atoms with Crippen LogP contribution in [-0.2, 0) is 14.3 Å². The third-order valence-corrected chi connectivity index (χ3v) is 3.77. The molecule has 0 N–H and O–H groups in total. The molecule has 0 aromatic heterocycles. The molecule has 3 heteroatoms. The molecular weight excluding hydrogens is 156 g/mol. The summed E-state index contributed by atoms with van der Waals surface area (Å²) in [5.74, 6) is 1.29. The van der Waals surface area contributed by atoms with Crippen molar-refractivity contribution in [2.75, 3.05) is 7.11 Å². The Balaban J connectivity index is 1.93. The molecule has 3 nitrogen and oxygen atoms in total. The molecule has 0 heterocycles. The molecular formula is C9H10O3. The fraction of sp³-hybridized carbons (Fsp3) is 0.778. The van der Waals surface area contributed by atoms with Crippen molar-refractivity contribution in [3.63, 3.8) is 0 Å². The number of methoxy groups -OCH3 is 1. The van der Waals surface area contributed by atoms with E-state index in [1.807, 2.05) is 0 Å². The third-order valence-electron chi connectivity index (χ3n) is 3.77. The van der Waals surface area contributed by atoms with Gasteiger partial charge in [0.05, 0.1) is 13.0 Å². The predicted octanol–water partition coefficient (Wildman–Crippen LogP) is 0.240. The zero-order chi connectivity index (χ0) is 8.46. The number of ether oxygens (including phenoxy) is 1. The minimum absolute atomic E-state index is 0.0254. The first-order valence-electron chi connectivity index (χ1n) is 4.37. The summed E-state index contributed by atoms with van der Waals surface area (Å²) in [6, 6.07) is 0. The maximum Gasteiger partial charge on any atom is 0.309 e. The molecule has 0 aromatic rings. The first-order valence-corrected chi connectivity index (χ1v) is 4.37. The van der Waals surface area contributed by atoms with Gasteiger partial charge in [-0.25, -0.2) is 0 Å². The molecule has 0 saturated heterocycles. The molecule has 0 unspecified atom stereocenters. The maximum absolute atomic E-state index is 11.4. The molecule has 0 radical (unpaired) electrons. The first-order chi connectivity index (χ1) is 5.75. The van der Waals surface area contributed by atoms with Crippen LogP contribution in [0.5, 0.6) is 0 Å². The summed E-state index contributed by atoms with van der Waals surface area (Å²) in [4.78, 5) is 22.7. The minimum Gasteiger partial charge on any atom is -0.469 e. The monoisotopic (exact) mass is 166 g/mol. The van der Waals surface area contributed by atoms with Crippen LogP contribution in [0.4, 0.5) is 0 Å². The van der Waals surface area contributed by atoms with Crippen LogP contribution in [0, 0.1) is 29.6 Å². The van der Waals surface area contributed by atoms with Crippen molar-refractivity contribution in [3.8, 4) is 0 Å². The van der Waals surface area contributed by atoms with Gasteiger partial charge in [0, 0.05) is 11.8 Å². The van der Waals surface area contributed by atoms with Gasteiger partial charge < -0.3 is 4.74 Å². The molecule has 5 atom stereocenters. The Kier molecular flexibility index (Phi) is 0.955. The number of hydrogen-bond acceptors (Lipinski definition) is 3. The zero-order valence-corrected chi connectivity index (χ0v) is 6.82. The predicted molar refractivity (Wildman–Crippen MR) is 39.1 cm³/mol. The van der Waals surface area contributed by atoms with Gasteiger partial charge in [-0.1, -0.05) is 0 Å². The first kappa shape index (κ1) is 6.63. The summed E-state index contributed by atoms with van der Waals surface area (Å²) in [5, 5.41) is 0. The lowest BCUT2D eigenvalue weighted by atomic mass is 9.98. The molecule has 0 aromatic carbocycles. The van der Waals surface area contributed by atoms with Gasteiger partial charge in [0.2, 0.25) is 0 Å². The van der Waals surface area contributed by atoms with Crippen LogP contribution < -0.4 is 0 Å². The van der Waals surface area contributed by atoms with Gasteiger partial charge >= 0.3 is 5.97 Å². The van der Waals surface area contributed by atoms with E-state index < -0.39 is 0 Å². The van der Waals surface area contributed by atoms with Crippen molar-refractivity contribution in [3.05, 3.63) is 0 Å². The minimum atomic E-state index is -0.166. The Morgan fingerprint density at radius 1 is 1.58 bits per heavy atom. The number of ketones is 1. The van der Waals surface area contributed by atoms with E-state index in [4.69, 9.17) is 0 Å². The fourth-order valence-electron chi connectivity index (χ4n) is 3.30. The average molecular weight is 166 g/mol. The van der Waals surface area contributed by atoms with Crippen molar-refractivity contribution in [2.24, 2.45) is 29.6 Å². The lowest BCUT2D eigenvalue weighted by Gasteiger charge is -2.09. The average Bonchev–Trinajstić information content (AvgIpc) is 2.42. The smallest absolute Gasteiger partial charge is 0.309 e. The lowest BCUT2D eigenvalue weighted by Crippen LogP contribution is -2.21. The number of Topliss-reactive ketones (excluding diaryl/α,β-unsaturated/α-hetero) is 1. The van der Waals surface area contributed by atoms with E-state index in [1.54, 1.807) is 0 Å². The summed E-state index contributed by atoms with van der Waals surface area (Å²) >= 11 is 0. The van der Waals surface area contributed by atoms with Crippen LogP contribution >= 0.6 is 0 Å². The Morgan fingerprint density at radius 2 is 2.33 bits per heavy atom. The van der Waals surface area contributed by atoms with Crippen molar-refractivity contribution >= 4 is 11.8 Å². The third kappa shape index (κ3) is 0.490. The van der Waals surface area contributed by atoms with E-state index in [-0.39, 0.29) is 23.7 Å². The van der Waals surface area contributed by atoms with E-state index in [9.17, 15) is 9.59 Å². The number of hydrogen-bond donors (Lipinski definition) is 0. The topological polar surface area (TPSA) is 43.4 Å². The molecule has 0 spiro atoms. The highest BCUT2D eigenvalue weighted by molar-refractivity contribution is 5.98. The van der Waals surface area contributed by atoms with E-state index >= 15 is 0 Å². The quantitative estimate of drug-likeness (QED) is 0.524. The van der Waals surface area contributed by atoms with Crippen molar-refractivity contribution in [2.45, 2.75) is 6.42 Å². The van der Waals surface area contributed by atoms with Crippen LogP contribution in [0.25, 0.3) is 0 Å². The highest BCUT2D eigenvalue weighted by atomic mass is 16.5. The highest BCUT2D eigenvalue weighted by Gasteiger charge is 2.75. The molecule has 64 valence electrons. The van der Waals surface area contributed by atoms with E-state index in [2.05, 4.69) is 4.74 Å². The van der Waals surface area contributed by atoms with Crippen LogP contribution in [0.1, 0.15) is 6.42 Å². The fourth-order valence-corrected chi connectivity index (χ4v) is 3.30. The highest BCUT2D eigenvalue weighted by Crippen LogP contribution is 2.71. The van der Waals surface area contributed by atoms with Gasteiger partial charge in [-0.05, 0) is 18.3 Å². The largest absolute Gasteiger partial charge is 0.469 e. The second-order valence-electron chi connectivity index (χ2n) is 4.06. The molecule has 4 fully saturated rings. The molecule has 4 bridgehead atoms. The summed E-state index contributed by atoms with van der Waals surface area (Å²) in [5.41, 5.74) is 0. The van der Waals surface area contributed by atoms with Crippen molar-refractivity contribution < 1.29 is 14.3 Å². The number of esters is 1. The van der Waals surface area contributed by atoms with Gasteiger partial charge in [0.1, 0.15) is 5.78 Å². The van der Waals surface area contributed by atoms with Crippen molar-refractivity contribution in [1.29, 1.82) is 0 Å². The zero-order valence-electron chi connectivity index (χ0n) is 6.82. The van der Waals surface area contributed by atoms with Gasteiger partial charge in [0.25, 0.3) is 0 Å². The Bertz CT molecular complexity index is 283. The standard InChI is InChI=1S/C9H10O3/c1-12-9(11)7-4-2-3-5(7)6(3)8(4)10/h3-7H,2H2,1H3/t3-,4-,5-,6-,7+/m0/s1. The van der Waals surface area contributed by atoms with Crippen LogP contribution in [-0.4, -0.2) is 18.9 Å². The SMILES string of the molecule is COC(=O)[C@H]1[C@H]2[C@@H]3C[C@@H]1C(=O)[C@@H]32. The number of rotatable bonds is 1. The van der Waals surface area contributed by atoms with E-state index in [0.717, 1.165) is 6.42 Å². The van der Waals surface area contributed by atoms with Gasteiger partial charge in [0.15, 0.2) is 0 Å². The van der Waals surface area contributed by atoms with E-state index in [1.165, 1.54) is 7.11 Å². The van der Waals surface area contributed by atoms with Crippen LogP contribution in [0.3, 0.4) is 0 Å². The molecule has 12 heavy (non-hydrogen) atoms. The van der Waals surface area contributed by atoms with Gasteiger partial charge in [-0.3, -0.25) is 9.59 Å². The second-order valence-corrected chi connectivity index (χ2v) is 4.06. The summed E-state index contributed by atoms with van der Waals surface area (Å²) < 4.78 is 4.69. The molecule has 4 rings (SSSR count). The summed E-state index contributed by atoms with van der Waals surface area (Å²) in [6.07, 6.45) is 0.952. The molecule has 4 aliphatic rings. The maximum atomic E-state index is 11.4. The number of carbonyl (C=O) groups excluding carboxylic acids is 2. The molecule has 0 aliphatic heterocycles. The summed E-state index contributed by atoms with van der Waals surface area (Å²) in [7, 11) is 1.40. The number of carbonyl (C=O) groups is 2. The molecule has 0 amide bonds. The lowest BCUT2D eigenvalue weighted by molar-refractivity contribution is -0.147. The molecule has 4 saturated carbocycles. The van der Waals surface area contributed by atoms with Gasteiger partial charge in [-0.15, -0.1) is 0 Å². The Labute approximate surface area is 70.1 Å². The second kappa shape index (κ2) is 1.73. The summed E-state index contributed by atoms with van der Waals surface area (Å²) in [6.45, 7) is 0. The van der Waals surface area contributed by atoms with Crippen LogP contribution in [0.15, 0.2) is 0 Å². The van der Waals surface area contributed by atoms with Gasteiger partial charge in [-0.2, -0.15) is 0 Å². The Hall–Kier alpha value is -0.860. The van der Waals surface area contributed by atoms with Crippen LogP contribution in [0.2, 0.25) is 0 Å².